The third-order valence-corrected chi connectivity index (χ3v) is 7.92. The summed E-state index contributed by atoms with van der Waals surface area (Å²) in [5.41, 5.74) is 1.19. The molecule has 300 valence electrons. The second kappa shape index (κ2) is 16.8. The lowest BCUT2D eigenvalue weighted by Gasteiger charge is -2.19. The summed E-state index contributed by atoms with van der Waals surface area (Å²) in [4.78, 5) is 65.3. The normalized spacial score (nSPS) is 12.6. The summed E-state index contributed by atoms with van der Waals surface area (Å²) in [7, 11) is 2.09. The van der Waals surface area contributed by atoms with Gasteiger partial charge in [0.15, 0.2) is 0 Å². The van der Waals surface area contributed by atoms with Gasteiger partial charge in [-0.05, 0) is 55.5 Å². The van der Waals surface area contributed by atoms with Crippen LogP contribution in [0, 0.1) is 0 Å². The third-order valence-electron chi connectivity index (χ3n) is 7.92. The van der Waals surface area contributed by atoms with Gasteiger partial charge in [0.25, 0.3) is 17.7 Å². The monoisotopic (exact) mass is 804 g/mol. The molecule has 0 spiro atoms. The maximum atomic E-state index is 14.1. The topological polar surface area (TPSA) is 211 Å². The number of hydrogen-bond acceptors (Lipinski definition) is 13. The molecule has 0 aliphatic carbocycles. The summed E-state index contributed by atoms with van der Waals surface area (Å²) in [6.07, 6.45) is -7.48. The van der Waals surface area contributed by atoms with Gasteiger partial charge in [-0.15, -0.1) is 10.6 Å². The Balaban J connectivity index is 1.48. The van der Waals surface area contributed by atoms with E-state index in [-0.39, 0.29) is 46.3 Å². The molecule has 3 amide bonds. The van der Waals surface area contributed by atoms with Crippen molar-refractivity contribution >= 4 is 41.0 Å². The SMILES string of the molecule is CCNC(=O)c1cc(C2=CN(c3ccc(C(=O)NCC(=O)OC)c(C(F)(F)F)c3)NN2)nc(-c2cn(-c3ccc(C(=O)NCC(=O)OC)c(C(F)(F)F)c3)nn2)c1. The third kappa shape index (κ3) is 9.62. The Kier molecular flexibility index (Phi) is 12.1. The van der Waals surface area contributed by atoms with Crippen molar-refractivity contribution in [1.82, 2.24) is 46.9 Å². The average molecular weight is 805 g/mol. The van der Waals surface area contributed by atoms with Crippen LogP contribution in [0.4, 0.5) is 32.0 Å². The molecule has 4 aromatic rings. The summed E-state index contributed by atoms with van der Waals surface area (Å²) in [5, 5.41) is 15.8. The van der Waals surface area contributed by atoms with E-state index < -0.39 is 77.4 Å². The fraction of sp³-hybridized carbons (Fsp3) is 0.235. The highest BCUT2D eigenvalue weighted by atomic mass is 19.4. The van der Waals surface area contributed by atoms with Crippen LogP contribution in [0.15, 0.2) is 60.9 Å². The number of pyridine rings is 1. The van der Waals surface area contributed by atoms with Gasteiger partial charge in [0.1, 0.15) is 18.8 Å². The lowest BCUT2D eigenvalue weighted by atomic mass is 10.0. The number of methoxy groups -OCH3 is 2. The van der Waals surface area contributed by atoms with Crippen molar-refractivity contribution in [1.29, 1.82) is 0 Å². The van der Waals surface area contributed by atoms with Gasteiger partial charge in [0.2, 0.25) is 0 Å². The zero-order valence-electron chi connectivity index (χ0n) is 29.8. The van der Waals surface area contributed by atoms with E-state index in [2.05, 4.69) is 51.7 Å². The molecule has 0 fully saturated rings. The van der Waals surface area contributed by atoms with Gasteiger partial charge in [-0.25, -0.2) is 9.67 Å². The fourth-order valence-electron chi connectivity index (χ4n) is 5.15. The molecule has 57 heavy (non-hydrogen) atoms. The van der Waals surface area contributed by atoms with Crippen molar-refractivity contribution in [2.75, 3.05) is 38.9 Å². The number of nitrogens with zero attached hydrogens (tertiary/aromatic N) is 5. The maximum absolute atomic E-state index is 14.1. The number of nitrogens with one attached hydrogen (secondary N) is 5. The predicted octanol–water partition coefficient (Wildman–Crippen LogP) is 2.75. The number of aromatic nitrogens is 4. The number of esters is 2. The number of alkyl halides is 6. The van der Waals surface area contributed by atoms with Crippen molar-refractivity contribution in [2.45, 2.75) is 19.3 Å². The molecule has 0 saturated carbocycles. The lowest BCUT2D eigenvalue weighted by Crippen LogP contribution is -2.36. The summed E-state index contributed by atoms with van der Waals surface area (Å²) < 4.78 is 94.2. The van der Waals surface area contributed by atoms with E-state index in [9.17, 15) is 50.3 Å². The van der Waals surface area contributed by atoms with Crippen LogP contribution in [0.2, 0.25) is 0 Å². The summed E-state index contributed by atoms with van der Waals surface area (Å²) >= 11 is 0. The van der Waals surface area contributed by atoms with E-state index >= 15 is 0 Å². The Morgan fingerprint density at radius 2 is 1.26 bits per heavy atom. The van der Waals surface area contributed by atoms with E-state index in [1.807, 2.05) is 0 Å². The van der Waals surface area contributed by atoms with Gasteiger partial charge in [-0.2, -0.15) is 26.3 Å². The Morgan fingerprint density at radius 3 is 1.81 bits per heavy atom. The first-order chi connectivity index (χ1) is 26.9. The van der Waals surface area contributed by atoms with Crippen molar-refractivity contribution in [2.24, 2.45) is 0 Å². The number of amides is 3. The molecule has 2 aromatic heterocycles. The smallest absolute Gasteiger partial charge is 0.417 e. The molecule has 0 bridgehead atoms. The Morgan fingerprint density at radius 1 is 0.719 bits per heavy atom. The highest BCUT2D eigenvalue weighted by molar-refractivity contribution is 5.99. The second-order valence-electron chi connectivity index (χ2n) is 11.7. The van der Waals surface area contributed by atoms with E-state index in [4.69, 9.17) is 0 Å². The number of carbonyl (C=O) groups is 5. The molecule has 0 unspecified atom stereocenters. The highest BCUT2D eigenvalue weighted by Crippen LogP contribution is 2.36. The molecule has 23 heteroatoms. The van der Waals surface area contributed by atoms with Crippen LogP contribution in [0.1, 0.15) is 54.8 Å². The van der Waals surface area contributed by atoms with Crippen LogP contribution in [0.3, 0.4) is 0 Å². The molecular weight excluding hydrogens is 774 g/mol. The first-order valence-corrected chi connectivity index (χ1v) is 16.3. The lowest BCUT2D eigenvalue weighted by molar-refractivity contribution is -0.140. The second-order valence-corrected chi connectivity index (χ2v) is 11.7. The largest absolute Gasteiger partial charge is 0.468 e. The van der Waals surface area contributed by atoms with Gasteiger partial charge in [-0.1, -0.05) is 5.21 Å². The van der Waals surface area contributed by atoms with Crippen LogP contribution in [-0.2, 0) is 31.4 Å². The molecule has 2 aromatic carbocycles. The number of hydrazine groups is 2. The molecule has 5 rings (SSSR count). The average Bonchev–Trinajstić information content (AvgIpc) is 3.89. The minimum Gasteiger partial charge on any atom is -0.468 e. The van der Waals surface area contributed by atoms with Gasteiger partial charge in [-0.3, -0.25) is 34.4 Å². The number of ether oxygens (including phenoxy) is 2. The molecular formula is C34H30F6N10O7. The molecule has 5 N–H and O–H groups in total. The number of halogens is 6. The van der Waals surface area contributed by atoms with Gasteiger partial charge < -0.3 is 25.4 Å². The van der Waals surface area contributed by atoms with E-state index in [1.54, 1.807) is 6.92 Å². The number of benzene rings is 2. The molecule has 1 aliphatic rings. The highest BCUT2D eigenvalue weighted by Gasteiger charge is 2.37. The number of anilines is 1. The Labute approximate surface area is 317 Å². The van der Waals surface area contributed by atoms with Crippen LogP contribution in [0.25, 0.3) is 22.8 Å². The minimum absolute atomic E-state index is 0.0117. The molecule has 0 saturated heterocycles. The zero-order valence-corrected chi connectivity index (χ0v) is 29.8. The summed E-state index contributed by atoms with van der Waals surface area (Å²) in [6.45, 7) is 0.571. The van der Waals surface area contributed by atoms with Crippen LogP contribution in [0.5, 0.6) is 0 Å². The molecule has 0 radical (unpaired) electrons. The molecule has 17 nitrogen and oxygen atoms in total. The van der Waals surface area contributed by atoms with E-state index in [0.717, 1.165) is 42.1 Å². The summed E-state index contributed by atoms with van der Waals surface area (Å²) in [5.74, 6) is -4.65. The summed E-state index contributed by atoms with van der Waals surface area (Å²) in [6, 6.07) is 8.19. The number of carbonyl (C=O) groups excluding carboxylic acids is 5. The number of rotatable bonds is 12. The first kappa shape index (κ1) is 41.1. The Bertz CT molecular complexity index is 2260. The zero-order chi connectivity index (χ0) is 41.7. The maximum Gasteiger partial charge on any atom is 0.417 e. The molecule has 1 aliphatic heterocycles. The van der Waals surface area contributed by atoms with Crippen molar-refractivity contribution < 1.29 is 59.8 Å². The fourth-order valence-corrected chi connectivity index (χ4v) is 5.15. The minimum atomic E-state index is -5.00. The van der Waals surface area contributed by atoms with Crippen LogP contribution in [-0.4, -0.2) is 83.5 Å². The molecule has 3 heterocycles. The predicted molar refractivity (Wildman–Crippen MR) is 184 cm³/mol. The van der Waals surface area contributed by atoms with E-state index in [0.29, 0.717) is 12.1 Å². The van der Waals surface area contributed by atoms with Gasteiger partial charge in [0, 0.05) is 12.1 Å². The van der Waals surface area contributed by atoms with Crippen molar-refractivity contribution in [3.63, 3.8) is 0 Å². The Hall–Kier alpha value is -7.04. The molecule has 0 atom stereocenters. The van der Waals surface area contributed by atoms with Crippen LogP contribution < -0.4 is 31.9 Å². The number of hydrogen-bond donors (Lipinski definition) is 5. The standard InChI is InChI=1S/C34H30F6N10O7/c1-4-41-30(53)17-9-24(26-15-49(47-45-26)18-5-7-20(22(11-18)33(35,36)37)31(54)42-13-28(51)56-2)44-25(10-17)27-16-50(48-46-27)19-6-8-21(23(12-19)34(38,39)40)32(55)43-14-29(52)57-3/h5-12,15-16,45,47H,4,13-14H2,1-3H3,(H,41,53)(H,42,54)(H,43,55). The quantitative estimate of drug-likeness (QED) is 0.103. The van der Waals surface area contributed by atoms with Crippen LogP contribution >= 0.6 is 0 Å². The van der Waals surface area contributed by atoms with Crippen molar-refractivity contribution in [3.8, 4) is 17.1 Å². The van der Waals surface area contributed by atoms with Gasteiger partial charge in [0.05, 0.1) is 77.3 Å². The first-order valence-electron chi connectivity index (χ1n) is 16.3. The van der Waals surface area contributed by atoms with E-state index in [1.165, 1.54) is 30.6 Å². The van der Waals surface area contributed by atoms with Crippen molar-refractivity contribution in [3.05, 3.63) is 94.4 Å². The van der Waals surface area contributed by atoms with Gasteiger partial charge >= 0.3 is 24.3 Å².